The number of halogens is 3. The third-order valence-corrected chi connectivity index (χ3v) is 5.69. The molecule has 0 unspecified atom stereocenters. The van der Waals surface area contributed by atoms with Gasteiger partial charge >= 0.3 is 10.2 Å². The van der Waals surface area contributed by atoms with Crippen LogP contribution in [0.2, 0.25) is 0 Å². The van der Waals surface area contributed by atoms with E-state index in [2.05, 4.69) is 20.9 Å². The summed E-state index contributed by atoms with van der Waals surface area (Å²) in [6.07, 6.45) is 0. The van der Waals surface area contributed by atoms with Crippen LogP contribution in [0.5, 0.6) is 0 Å². The van der Waals surface area contributed by atoms with Crippen LogP contribution in [-0.4, -0.2) is 41.5 Å². The molecule has 1 aromatic carbocycles. The Bertz CT molecular complexity index is 874. The lowest BCUT2D eigenvalue weighted by Crippen LogP contribution is -2.29. The first-order valence-corrected chi connectivity index (χ1v) is 8.75. The first-order valence-electron chi connectivity index (χ1n) is 5.68. The molecule has 22 heavy (non-hydrogen) atoms. The van der Waals surface area contributed by atoms with Gasteiger partial charge in [0.25, 0.3) is 5.76 Å². The Balaban J connectivity index is 2.81. The number of thioether (sulfide) groups is 1. The second kappa shape index (κ2) is 6.11. The van der Waals surface area contributed by atoms with Crippen LogP contribution in [0.3, 0.4) is 0 Å². The SMILES string of the molecule is CN(C)S(=O)(=O)n1c(C#N)nc2cc(SC(F)F)cc(Br)c21. The van der Waals surface area contributed by atoms with E-state index in [0.717, 1.165) is 8.28 Å². The fourth-order valence-corrected chi connectivity index (χ4v) is 4.26. The number of aromatic nitrogens is 2. The molecule has 0 radical (unpaired) electrons. The lowest BCUT2D eigenvalue weighted by molar-refractivity contribution is 0.252. The number of imidazole rings is 1. The third kappa shape index (κ3) is 2.96. The van der Waals surface area contributed by atoms with Crippen LogP contribution in [0, 0.1) is 11.3 Å². The van der Waals surface area contributed by atoms with E-state index in [1.165, 1.54) is 26.2 Å². The summed E-state index contributed by atoms with van der Waals surface area (Å²) in [6, 6.07) is 4.39. The van der Waals surface area contributed by atoms with E-state index in [1.54, 1.807) is 6.07 Å². The number of benzene rings is 1. The van der Waals surface area contributed by atoms with E-state index in [0.29, 0.717) is 11.8 Å². The van der Waals surface area contributed by atoms with Crippen LogP contribution in [0.25, 0.3) is 11.0 Å². The van der Waals surface area contributed by atoms with E-state index in [-0.39, 0.29) is 26.2 Å². The van der Waals surface area contributed by atoms with Crippen LogP contribution in [-0.2, 0) is 10.2 Å². The molecule has 1 aromatic heterocycles. The number of nitrogens with zero attached hydrogens (tertiary/aromatic N) is 4. The molecule has 0 aliphatic rings. The maximum Gasteiger partial charge on any atom is 0.309 e. The minimum Gasteiger partial charge on any atom is -0.218 e. The summed E-state index contributed by atoms with van der Waals surface area (Å²) >= 11 is 3.47. The van der Waals surface area contributed by atoms with Crippen molar-refractivity contribution in [1.82, 2.24) is 13.3 Å². The molecule has 0 N–H and O–H groups in total. The van der Waals surface area contributed by atoms with Crippen LogP contribution in [0.1, 0.15) is 5.82 Å². The van der Waals surface area contributed by atoms with E-state index >= 15 is 0 Å². The normalized spacial score (nSPS) is 12.3. The van der Waals surface area contributed by atoms with Gasteiger partial charge in [0.2, 0.25) is 5.82 Å². The summed E-state index contributed by atoms with van der Waals surface area (Å²) in [5, 5.41) is 9.11. The van der Waals surface area contributed by atoms with Gasteiger partial charge in [-0.3, -0.25) is 0 Å². The molecular weight excluding hydrogens is 402 g/mol. The van der Waals surface area contributed by atoms with E-state index in [9.17, 15) is 17.2 Å². The highest BCUT2D eigenvalue weighted by molar-refractivity contribution is 9.10. The zero-order valence-corrected chi connectivity index (χ0v) is 14.5. The minimum atomic E-state index is -3.98. The van der Waals surface area contributed by atoms with Gasteiger partial charge in [0, 0.05) is 23.5 Å². The molecule has 0 amide bonds. The maximum atomic E-state index is 12.5. The van der Waals surface area contributed by atoms with Crippen LogP contribution in [0.4, 0.5) is 8.78 Å². The summed E-state index contributed by atoms with van der Waals surface area (Å²) in [6.45, 7) is 0. The number of hydrogen-bond acceptors (Lipinski definition) is 5. The topological polar surface area (TPSA) is 79.0 Å². The highest BCUT2D eigenvalue weighted by Crippen LogP contribution is 2.34. The summed E-state index contributed by atoms with van der Waals surface area (Å²) in [5.74, 6) is -2.96. The van der Waals surface area contributed by atoms with Gasteiger partial charge in [-0.1, -0.05) is 11.8 Å². The summed E-state index contributed by atoms with van der Waals surface area (Å²) in [7, 11) is -1.35. The highest BCUT2D eigenvalue weighted by Gasteiger charge is 2.26. The van der Waals surface area contributed by atoms with Crippen molar-refractivity contribution >= 4 is 48.9 Å². The number of alkyl halides is 2. The molecule has 0 fully saturated rings. The van der Waals surface area contributed by atoms with Gasteiger partial charge in [-0.05, 0) is 28.1 Å². The Morgan fingerprint density at radius 2 is 2.09 bits per heavy atom. The Morgan fingerprint density at radius 1 is 1.45 bits per heavy atom. The van der Waals surface area contributed by atoms with Gasteiger partial charge in [-0.2, -0.15) is 30.7 Å². The van der Waals surface area contributed by atoms with Gasteiger partial charge in [0.1, 0.15) is 11.6 Å². The van der Waals surface area contributed by atoms with Gasteiger partial charge in [0.05, 0.1) is 5.52 Å². The molecule has 1 heterocycles. The van der Waals surface area contributed by atoms with Crippen molar-refractivity contribution in [3.05, 3.63) is 22.4 Å². The number of nitriles is 1. The molecule has 6 nitrogen and oxygen atoms in total. The van der Waals surface area contributed by atoms with E-state index in [4.69, 9.17) is 5.26 Å². The lowest BCUT2D eigenvalue weighted by atomic mass is 10.3. The van der Waals surface area contributed by atoms with E-state index in [1.807, 2.05) is 0 Å². The molecule has 2 rings (SSSR count). The van der Waals surface area contributed by atoms with Crippen molar-refractivity contribution in [2.45, 2.75) is 10.7 Å². The number of rotatable bonds is 4. The Kier molecular flexibility index (Phi) is 4.76. The van der Waals surface area contributed by atoms with Gasteiger partial charge in [-0.25, -0.2) is 4.98 Å². The Morgan fingerprint density at radius 3 is 2.59 bits per heavy atom. The summed E-state index contributed by atoms with van der Waals surface area (Å²) in [5.41, 5.74) is 0.267. The average Bonchev–Trinajstić information content (AvgIpc) is 2.77. The monoisotopic (exact) mass is 410 g/mol. The van der Waals surface area contributed by atoms with E-state index < -0.39 is 16.0 Å². The van der Waals surface area contributed by atoms with Crippen molar-refractivity contribution in [2.24, 2.45) is 0 Å². The smallest absolute Gasteiger partial charge is 0.218 e. The minimum absolute atomic E-state index is 0.129. The van der Waals surface area contributed by atoms with Gasteiger partial charge < -0.3 is 0 Å². The standard InChI is InChI=1S/C11H9BrF2N4O2S2/c1-17(2)22(19,20)18-9(5-15)16-8-4-6(21-11(13)14)3-7(12)10(8)18/h3-4,11H,1-2H3. The van der Waals surface area contributed by atoms with Crippen molar-refractivity contribution in [3.8, 4) is 6.07 Å². The summed E-state index contributed by atoms with van der Waals surface area (Å²) < 4.78 is 51.6. The second-order valence-electron chi connectivity index (χ2n) is 4.25. The van der Waals surface area contributed by atoms with Crippen LogP contribution < -0.4 is 0 Å². The maximum absolute atomic E-state index is 12.5. The first-order chi connectivity index (χ1) is 10.2. The molecule has 118 valence electrons. The van der Waals surface area contributed by atoms with Gasteiger partial charge in [-0.15, -0.1) is 0 Å². The average molecular weight is 411 g/mol. The molecule has 0 aliphatic carbocycles. The fraction of sp³-hybridized carbons (Fsp3) is 0.273. The van der Waals surface area contributed by atoms with Crippen molar-refractivity contribution < 1.29 is 17.2 Å². The molecule has 0 saturated carbocycles. The van der Waals surface area contributed by atoms with Crippen molar-refractivity contribution in [2.75, 3.05) is 14.1 Å². The zero-order valence-electron chi connectivity index (χ0n) is 11.3. The second-order valence-corrected chi connectivity index (χ2v) is 8.16. The molecule has 11 heteroatoms. The highest BCUT2D eigenvalue weighted by atomic mass is 79.9. The Labute approximate surface area is 138 Å². The lowest BCUT2D eigenvalue weighted by Gasteiger charge is -2.14. The predicted octanol–water partition coefficient (Wildman–Crippen LogP) is 2.64. The van der Waals surface area contributed by atoms with Crippen LogP contribution >= 0.6 is 27.7 Å². The quantitative estimate of drug-likeness (QED) is 0.723. The van der Waals surface area contributed by atoms with Crippen LogP contribution in [0.15, 0.2) is 21.5 Å². The predicted molar refractivity (Wildman–Crippen MR) is 82.0 cm³/mol. The zero-order chi connectivity index (χ0) is 16.7. The molecule has 0 atom stereocenters. The summed E-state index contributed by atoms with van der Waals surface area (Å²) in [4.78, 5) is 4.13. The molecule has 0 spiro atoms. The van der Waals surface area contributed by atoms with Gasteiger partial charge in [0.15, 0.2) is 0 Å². The third-order valence-electron chi connectivity index (χ3n) is 2.66. The molecular formula is C11H9BrF2N4O2S2. The van der Waals surface area contributed by atoms with Crippen molar-refractivity contribution in [1.29, 1.82) is 5.26 Å². The number of fused-ring (bicyclic) bond motifs is 1. The Hall–Kier alpha value is -1.22. The number of hydrogen-bond donors (Lipinski definition) is 0. The fourth-order valence-electron chi connectivity index (χ4n) is 1.74. The van der Waals surface area contributed by atoms with Crippen molar-refractivity contribution in [3.63, 3.8) is 0 Å². The largest absolute Gasteiger partial charge is 0.309 e. The molecule has 0 bridgehead atoms. The molecule has 0 aliphatic heterocycles. The molecule has 2 aromatic rings. The molecule has 0 saturated heterocycles. The first kappa shape index (κ1) is 17.1.